The average molecular weight is 309 g/mol. The highest BCUT2D eigenvalue weighted by molar-refractivity contribution is 8.14. The number of thioether (sulfide) groups is 1. The third-order valence-electron chi connectivity index (χ3n) is 2.59. The second-order valence-electron chi connectivity index (χ2n) is 4.27. The molecule has 0 saturated carbocycles. The van der Waals surface area contributed by atoms with Gasteiger partial charge in [0.05, 0.1) is 11.6 Å². The molecule has 19 heavy (non-hydrogen) atoms. The summed E-state index contributed by atoms with van der Waals surface area (Å²) in [4.78, 5) is 4.34. The molecular formula is C12H12ClF3N2S. The summed E-state index contributed by atoms with van der Waals surface area (Å²) in [6, 6.07) is 3.59. The van der Waals surface area contributed by atoms with Crippen LogP contribution in [0.15, 0.2) is 23.2 Å². The molecule has 0 aromatic heterocycles. The van der Waals surface area contributed by atoms with Crippen LogP contribution in [0.25, 0.3) is 0 Å². The minimum absolute atomic E-state index is 0.0479. The van der Waals surface area contributed by atoms with E-state index in [4.69, 9.17) is 11.6 Å². The fourth-order valence-electron chi connectivity index (χ4n) is 1.65. The molecule has 0 saturated heterocycles. The van der Waals surface area contributed by atoms with E-state index in [-0.39, 0.29) is 11.1 Å². The van der Waals surface area contributed by atoms with E-state index in [9.17, 15) is 13.2 Å². The second-order valence-corrected chi connectivity index (χ2v) is 5.79. The van der Waals surface area contributed by atoms with E-state index in [1.165, 1.54) is 17.8 Å². The number of nitrogens with zero attached hydrogens (tertiary/aromatic N) is 1. The second kappa shape index (κ2) is 5.63. The van der Waals surface area contributed by atoms with Crippen LogP contribution in [0.1, 0.15) is 18.9 Å². The average Bonchev–Trinajstić information content (AvgIpc) is 2.26. The Morgan fingerprint density at radius 3 is 2.74 bits per heavy atom. The molecule has 1 unspecified atom stereocenters. The maximum Gasteiger partial charge on any atom is 0.416 e. The molecule has 1 N–H and O–H groups in total. The third-order valence-corrected chi connectivity index (χ3v) is 3.73. The van der Waals surface area contributed by atoms with Gasteiger partial charge in [0.15, 0.2) is 5.17 Å². The number of rotatable bonds is 1. The van der Waals surface area contributed by atoms with Crippen molar-refractivity contribution in [3.8, 4) is 0 Å². The van der Waals surface area contributed by atoms with E-state index in [1.54, 1.807) is 0 Å². The minimum Gasteiger partial charge on any atom is -0.335 e. The molecule has 0 spiro atoms. The number of anilines is 1. The molecule has 2 nitrogen and oxygen atoms in total. The number of alkyl halides is 3. The van der Waals surface area contributed by atoms with Gasteiger partial charge in [-0.3, -0.25) is 4.99 Å². The van der Waals surface area contributed by atoms with E-state index in [0.29, 0.717) is 10.9 Å². The van der Waals surface area contributed by atoms with Crippen LogP contribution in [0.3, 0.4) is 0 Å². The largest absolute Gasteiger partial charge is 0.416 e. The number of benzene rings is 1. The summed E-state index contributed by atoms with van der Waals surface area (Å²) in [6.07, 6.45) is -3.44. The lowest BCUT2D eigenvalue weighted by atomic mass is 10.2. The van der Waals surface area contributed by atoms with Gasteiger partial charge in [0.2, 0.25) is 0 Å². The zero-order valence-corrected chi connectivity index (χ0v) is 11.7. The van der Waals surface area contributed by atoms with Crippen LogP contribution < -0.4 is 5.32 Å². The quantitative estimate of drug-likeness (QED) is 0.816. The molecule has 1 aliphatic rings. The van der Waals surface area contributed by atoms with Gasteiger partial charge < -0.3 is 5.32 Å². The molecule has 0 amide bonds. The standard InChI is InChI=1S/C12H12ClF3N2S/c1-7-2-3-19-11(17-7)18-10-5-8(12(14,15)16)4-9(13)6-10/h4-7H,2-3H2,1H3,(H,17,18). The Bertz CT molecular complexity index is 502. The molecule has 0 fully saturated rings. The van der Waals surface area contributed by atoms with Crippen LogP contribution in [-0.4, -0.2) is 17.0 Å². The van der Waals surface area contributed by atoms with Gasteiger partial charge in [-0.25, -0.2) is 0 Å². The van der Waals surface area contributed by atoms with Gasteiger partial charge in [-0.05, 0) is 31.5 Å². The van der Waals surface area contributed by atoms with Crippen LogP contribution >= 0.6 is 23.4 Å². The molecule has 2 rings (SSSR count). The number of nitrogens with one attached hydrogen (secondary N) is 1. The first-order valence-corrected chi connectivity index (χ1v) is 7.06. The van der Waals surface area contributed by atoms with Crippen molar-refractivity contribution in [3.05, 3.63) is 28.8 Å². The molecule has 1 heterocycles. The maximum atomic E-state index is 12.7. The predicted molar refractivity (Wildman–Crippen MR) is 74.0 cm³/mol. The lowest BCUT2D eigenvalue weighted by Gasteiger charge is -2.18. The molecule has 1 atom stereocenters. The fourth-order valence-corrected chi connectivity index (χ4v) is 2.98. The van der Waals surface area contributed by atoms with Crippen molar-refractivity contribution in [2.45, 2.75) is 25.6 Å². The number of halogens is 4. The first-order valence-electron chi connectivity index (χ1n) is 5.70. The Labute approximate surface area is 118 Å². The molecule has 0 bridgehead atoms. The molecule has 1 aromatic rings. The van der Waals surface area contributed by atoms with Crippen molar-refractivity contribution in [1.29, 1.82) is 0 Å². The van der Waals surface area contributed by atoms with E-state index < -0.39 is 11.7 Å². The van der Waals surface area contributed by atoms with Crippen LogP contribution in [-0.2, 0) is 6.18 Å². The molecule has 1 aliphatic heterocycles. The summed E-state index contributed by atoms with van der Waals surface area (Å²) in [7, 11) is 0. The van der Waals surface area contributed by atoms with E-state index in [2.05, 4.69) is 10.3 Å². The first-order chi connectivity index (χ1) is 8.84. The van der Waals surface area contributed by atoms with Crippen LogP contribution in [0.4, 0.5) is 18.9 Å². The number of hydrogen-bond acceptors (Lipinski definition) is 3. The summed E-state index contributed by atoms with van der Waals surface area (Å²) in [5.74, 6) is 0.902. The lowest BCUT2D eigenvalue weighted by Crippen LogP contribution is -2.18. The Morgan fingerprint density at radius 1 is 1.37 bits per heavy atom. The Balaban J connectivity index is 2.23. The van der Waals surface area contributed by atoms with Crippen molar-refractivity contribution in [1.82, 2.24) is 0 Å². The Hall–Kier alpha value is -0.880. The van der Waals surface area contributed by atoms with Gasteiger partial charge in [0.1, 0.15) is 0 Å². The summed E-state index contributed by atoms with van der Waals surface area (Å²) in [6.45, 7) is 1.97. The van der Waals surface area contributed by atoms with Gasteiger partial charge in [0, 0.05) is 16.5 Å². The normalized spacial score (nSPS) is 20.1. The minimum atomic E-state index is -4.41. The van der Waals surface area contributed by atoms with Crippen molar-refractivity contribution < 1.29 is 13.2 Å². The third kappa shape index (κ3) is 4.04. The summed E-state index contributed by atoms with van der Waals surface area (Å²) >= 11 is 7.21. The van der Waals surface area contributed by atoms with Crippen LogP contribution in [0.5, 0.6) is 0 Å². The van der Waals surface area contributed by atoms with Crippen molar-refractivity contribution in [2.75, 3.05) is 11.1 Å². The summed E-state index contributed by atoms with van der Waals surface area (Å²) in [5.41, 5.74) is -0.461. The van der Waals surface area contributed by atoms with Gasteiger partial charge in [0.25, 0.3) is 0 Å². The van der Waals surface area contributed by atoms with E-state index in [1.807, 2.05) is 6.92 Å². The van der Waals surface area contributed by atoms with Gasteiger partial charge >= 0.3 is 6.18 Å². The molecule has 1 aromatic carbocycles. The molecule has 0 radical (unpaired) electrons. The van der Waals surface area contributed by atoms with Gasteiger partial charge in [-0.15, -0.1) is 0 Å². The number of amidine groups is 1. The highest BCUT2D eigenvalue weighted by Gasteiger charge is 2.31. The predicted octanol–water partition coefficient (Wildman–Crippen LogP) is 4.65. The summed E-state index contributed by atoms with van der Waals surface area (Å²) < 4.78 is 38.0. The zero-order chi connectivity index (χ0) is 14.0. The van der Waals surface area contributed by atoms with Crippen LogP contribution in [0, 0.1) is 0 Å². The SMILES string of the molecule is CC1CCSC(Nc2cc(Cl)cc(C(F)(F)F)c2)=N1. The van der Waals surface area contributed by atoms with Crippen molar-refractivity contribution >= 4 is 34.2 Å². The van der Waals surface area contributed by atoms with E-state index in [0.717, 1.165) is 24.3 Å². The van der Waals surface area contributed by atoms with Gasteiger partial charge in [-0.2, -0.15) is 13.2 Å². The highest BCUT2D eigenvalue weighted by Crippen LogP contribution is 2.33. The maximum absolute atomic E-state index is 12.7. The molecule has 0 aliphatic carbocycles. The lowest BCUT2D eigenvalue weighted by molar-refractivity contribution is -0.137. The highest BCUT2D eigenvalue weighted by atomic mass is 35.5. The smallest absolute Gasteiger partial charge is 0.335 e. The topological polar surface area (TPSA) is 24.4 Å². The fraction of sp³-hybridized carbons (Fsp3) is 0.417. The number of aliphatic imine (C=N–C) groups is 1. The Kier molecular flexibility index (Phi) is 4.30. The number of hydrogen-bond donors (Lipinski definition) is 1. The zero-order valence-electron chi connectivity index (χ0n) is 10.1. The van der Waals surface area contributed by atoms with Crippen LogP contribution in [0.2, 0.25) is 5.02 Å². The molecular weight excluding hydrogens is 297 g/mol. The van der Waals surface area contributed by atoms with Gasteiger partial charge in [-0.1, -0.05) is 23.4 Å². The first kappa shape index (κ1) is 14.5. The monoisotopic (exact) mass is 308 g/mol. The molecule has 104 valence electrons. The van der Waals surface area contributed by atoms with E-state index >= 15 is 0 Å². The molecule has 7 heteroatoms. The Morgan fingerprint density at radius 2 is 2.11 bits per heavy atom. The van der Waals surface area contributed by atoms with Crippen molar-refractivity contribution in [2.24, 2.45) is 4.99 Å². The van der Waals surface area contributed by atoms with Crippen molar-refractivity contribution in [3.63, 3.8) is 0 Å². The summed E-state index contributed by atoms with van der Waals surface area (Å²) in [5, 5.41) is 3.57.